The van der Waals surface area contributed by atoms with Crippen molar-refractivity contribution in [3.63, 3.8) is 0 Å². The van der Waals surface area contributed by atoms with Crippen LogP contribution in [0.1, 0.15) is 68.8 Å². The number of benzene rings is 1. The zero-order valence-corrected chi connectivity index (χ0v) is 18.3. The summed E-state index contributed by atoms with van der Waals surface area (Å²) in [6, 6.07) is 8.24. The van der Waals surface area contributed by atoms with Crippen LogP contribution < -0.4 is 5.32 Å². The van der Waals surface area contributed by atoms with Gasteiger partial charge in [0.2, 0.25) is 11.8 Å². The Balaban J connectivity index is 1.46. The maximum absolute atomic E-state index is 12.7. The fourth-order valence-electron chi connectivity index (χ4n) is 4.82. The molecule has 6 nitrogen and oxygen atoms in total. The molecule has 30 heavy (non-hydrogen) atoms. The van der Waals surface area contributed by atoms with Crippen LogP contribution in [0.15, 0.2) is 30.5 Å². The molecule has 0 spiro atoms. The van der Waals surface area contributed by atoms with Crippen molar-refractivity contribution in [3.8, 4) is 5.69 Å². The Labute approximate surface area is 178 Å². The number of nitrogens with zero attached hydrogens (tertiary/aromatic N) is 3. The lowest BCUT2D eigenvalue weighted by molar-refractivity contribution is -0.128. The average Bonchev–Trinajstić information content (AvgIpc) is 3.27. The normalized spacial score (nSPS) is 20.3. The molecule has 1 saturated heterocycles. The van der Waals surface area contributed by atoms with Gasteiger partial charge in [0, 0.05) is 31.5 Å². The van der Waals surface area contributed by atoms with E-state index in [0.717, 1.165) is 37.1 Å². The molecule has 0 unspecified atom stereocenters. The van der Waals surface area contributed by atoms with Crippen LogP contribution in [-0.2, 0) is 16.0 Å². The van der Waals surface area contributed by atoms with Gasteiger partial charge in [0.15, 0.2) is 0 Å². The van der Waals surface area contributed by atoms with Crippen molar-refractivity contribution < 1.29 is 9.59 Å². The largest absolute Gasteiger partial charge is 0.349 e. The first kappa shape index (κ1) is 20.6. The van der Waals surface area contributed by atoms with Crippen LogP contribution in [0.5, 0.6) is 0 Å². The number of aryl methyl sites for hydroxylation is 1. The first-order chi connectivity index (χ1) is 14.3. The van der Waals surface area contributed by atoms with Crippen LogP contribution in [0.2, 0.25) is 0 Å². The molecule has 2 aliphatic rings. The molecule has 1 aliphatic heterocycles. The zero-order valence-electron chi connectivity index (χ0n) is 18.3. The van der Waals surface area contributed by atoms with Gasteiger partial charge in [-0.15, -0.1) is 0 Å². The van der Waals surface area contributed by atoms with Crippen molar-refractivity contribution in [3.05, 3.63) is 47.3 Å². The summed E-state index contributed by atoms with van der Waals surface area (Å²) >= 11 is 0. The number of nitrogens with one attached hydrogen (secondary N) is 1. The van der Waals surface area contributed by atoms with E-state index in [-0.39, 0.29) is 23.3 Å². The number of amides is 2. The van der Waals surface area contributed by atoms with Crippen molar-refractivity contribution in [1.82, 2.24) is 20.0 Å². The van der Waals surface area contributed by atoms with Gasteiger partial charge in [0.05, 0.1) is 23.6 Å². The molecule has 1 N–H and O–H groups in total. The number of rotatable bonds is 6. The molecule has 0 saturated carbocycles. The predicted octanol–water partition coefficient (Wildman–Crippen LogP) is 3.71. The Bertz CT molecular complexity index is 946. The maximum Gasteiger partial charge on any atom is 0.222 e. The van der Waals surface area contributed by atoms with Gasteiger partial charge in [0.1, 0.15) is 0 Å². The van der Waals surface area contributed by atoms with Gasteiger partial charge in [-0.05, 0) is 49.7 Å². The summed E-state index contributed by atoms with van der Waals surface area (Å²) in [5, 5.41) is 7.95. The number of hydrogen-bond donors (Lipinski definition) is 1. The molecule has 0 bridgehead atoms. The highest BCUT2D eigenvalue weighted by molar-refractivity contribution is 5.78. The van der Waals surface area contributed by atoms with Crippen LogP contribution in [0.25, 0.3) is 5.69 Å². The first-order valence-electron chi connectivity index (χ1n) is 11.0. The molecule has 1 atom stereocenters. The molecule has 1 aliphatic carbocycles. The van der Waals surface area contributed by atoms with Crippen LogP contribution in [0.3, 0.4) is 0 Å². The monoisotopic (exact) mass is 408 g/mol. The predicted molar refractivity (Wildman–Crippen MR) is 116 cm³/mol. The fraction of sp³-hybridized carbons (Fsp3) is 0.542. The third-order valence-corrected chi connectivity index (χ3v) is 6.36. The molecule has 1 fully saturated rings. The maximum atomic E-state index is 12.7. The second kappa shape index (κ2) is 8.25. The lowest BCUT2D eigenvalue weighted by atomic mass is 9.74. The summed E-state index contributed by atoms with van der Waals surface area (Å²) in [5.41, 5.74) is 4.67. The smallest absolute Gasteiger partial charge is 0.222 e. The Hall–Kier alpha value is -2.63. The fourth-order valence-corrected chi connectivity index (χ4v) is 4.82. The van der Waals surface area contributed by atoms with Gasteiger partial charge in [0.25, 0.3) is 0 Å². The van der Waals surface area contributed by atoms with E-state index < -0.39 is 0 Å². The standard InChI is InChI=1S/C24H32N4O2/c1-17-8-4-5-9-20(17)28-21-15-24(2,3)14-19(18(21)16-25-28)26-22(29)10-6-12-27-13-7-11-23(27)30/h4-5,8-9,16,19H,6-7,10-15H2,1-3H3,(H,26,29)/t19-/m1/s1. The Morgan fingerprint density at radius 2 is 2.10 bits per heavy atom. The Morgan fingerprint density at radius 3 is 2.83 bits per heavy atom. The molecule has 4 rings (SSSR count). The summed E-state index contributed by atoms with van der Waals surface area (Å²) in [5.74, 6) is 0.275. The van der Waals surface area contributed by atoms with Crippen molar-refractivity contribution in [2.24, 2.45) is 5.41 Å². The summed E-state index contributed by atoms with van der Waals surface area (Å²) in [6.07, 6.45) is 6.50. The van der Waals surface area contributed by atoms with E-state index in [0.29, 0.717) is 25.8 Å². The van der Waals surface area contributed by atoms with E-state index in [4.69, 9.17) is 5.10 Å². The minimum atomic E-state index is -0.0255. The highest BCUT2D eigenvalue weighted by Crippen LogP contribution is 2.41. The van der Waals surface area contributed by atoms with Crippen molar-refractivity contribution in [1.29, 1.82) is 0 Å². The topological polar surface area (TPSA) is 67.2 Å². The second-order valence-electron chi connectivity index (χ2n) is 9.50. The number of hydrogen-bond acceptors (Lipinski definition) is 3. The highest BCUT2D eigenvalue weighted by atomic mass is 16.2. The van der Waals surface area contributed by atoms with Crippen LogP contribution in [0, 0.1) is 12.3 Å². The molecule has 2 aromatic rings. The highest BCUT2D eigenvalue weighted by Gasteiger charge is 2.36. The van der Waals surface area contributed by atoms with E-state index >= 15 is 0 Å². The summed E-state index contributed by atoms with van der Waals surface area (Å²) < 4.78 is 2.05. The number of para-hydroxylation sites is 1. The van der Waals surface area contributed by atoms with Crippen LogP contribution >= 0.6 is 0 Å². The minimum Gasteiger partial charge on any atom is -0.349 e. The van der Waals surface area contributed by atoms with E-state index in [1.165, 1.54) is 11.3 Å². The summed E-state index contributed by atoms with van der Waals surface area (Å²) in [6.45, 7) is 8.12. The lowest BCUT2D eigenvalue weighted by Gasteiger charge is -2.36. The van der Waals surface area contributed by atoms with Gasteiger partial charge in [-0.2, -0.15) is 5.10 Å². The van der Waals surface area contributed by atoms with Crippen molar-refractivity contribution in [2.45, 2.75) is 65.3 Å². The molecule has 2 heterocycles. The van der Waals surface area contributed by atoms with E-state index in [1.807, 2.05) is 27.9 Å². The van der Waals surface area contributed by atoms with Crippen LogP contribution in [0.4, 0.5) is 0 Å². The average molecular weight is 409 g/mol. The molecule has 2 amide bonds. The zero-order chi connectivity index (χ0) is 21.3. The molecule has 6 heteroatoms. The number of aromatic nitrogens is 2. The van der Waals surface area contributed by atoms with Crippen LogP contribution in [-0.4, -0.2) is 39.6 Å². The number of carbonyl (C=O) groups is 2. The summed E-state index contributed by atoms with van der Waals surface area (Å²) in [7, 11) is 0. The Kier molecular flexibility index (Phi) is 5.67. The van der Waals surface area contributed by atoms with Crippen molar-refractivity contribution >= 4 is 11.8 Å². The van der Waals surface area contributed by atoms with E-state index in [9.17, 15) is 9.59 Å². The third-order valence-electron chi connectivity index (χ3n) is 6.36. The molecular weight excluding hydrogens is 376 g/mol. The third kappa shape index (κ3) is 4.27. The van der Waals surface area contributed by atoms with E-state index in [1.54, 1.807) is 0 Å². The second-order valence-corrected chi connectivity index (χ2v) is 9.50. The molecule has 0 radical (unpaired) electrons. The number of carbonyl (C=O) groups excluding carboxylic acids is 2. The van der Waals surface area contributed by atoms with Crippen molar-refractivity contribution in [2.75, 3.05) is 13.1 Å². The SMILES string of the molecule is Cc1ccccc1-n1ncc2c1CC(C)(C)C[C@H]2NC(=O)CCCN1CCCC1=O. The number of fused-ring (bicyclic) bond motifs is 1. The molecule has 160 valence electrons. The number of likely N-dealkylation sites (tertiary alicyclic amines) is 1. The Morgan fingerprint density at radius 1 is 1.30 bits per heavy atom. The van der Waals surface area contributed by atoms with Gasteiger partial charge >= 0.3 is 0 Å². The minimum absolute atomic E-state index is 0.0255. The van der Waals surface area contributed by atoms with Gasteiger partial charge < -0.3 is 10.2 Å². The first-order valence-corrected chi connectivity index (χ1v) is 11.0. The lowest BCUT2D eigenvalue weighted by Crippen LogP contribution is -2.37. The molecular formula is C24H32N4O2. The van der Waals surface area contributed by atoms with Gasteiger partial charge in [-0.1, -0.05) is 32.0 Å². The molecule has 1 aromatic heterocycles. The van der Waals surface area contributed by atoms with E-state index in [2.05, 4.69) is 38.2 Å². The van der Waals surface area contributed by atoms with Gasteiger partial charge in [-0.3, -0.25) is 9.59 Å². The summed E-state index contributed by atoms with van der Waals surface area (Å²) in [4.78, 5) is 26.3. The molecule has 1 aromatic carbocycles. The quantitative estimate of drug-likeness (QED) is 0.792. The van der Waals surface area contributed by atoms with Gasteiger partial charge in [-0.25, -0.2) is 4.68 Å².